The van der Waals surface area contributed by atoms with Crippen LogP contribution in [0, 0.1) is 0 Å². The van der Waals surface area contributed by atoms with Crippen molar-refractivity contribution in [1.82, 2.24) is 5.01 Å². The molecule has 3 amide bonds. The molecule has 0 saturated heterocycles. The number of hydrazine groups is 1. The minimum Gasteiger partial charge on any atom is -0.443 e. The Morgan fingerprint density at radius 2 is 1.66 bits per heavy atom. The van der Waals surface area contributed by atoms with Gasteiger partial charge in [0, 0.05) is 12.1 Å². The second-order valence-corrected chi connectivity index (χ2v) is 9.25. The predicted octanol–water partition coefficient (Wildman–Crippen LogP) is 4.19. The summed E-state index contributed by atoms with van der Waals surface area (Å²) < 4.78 is 10.6. The Balaban J connectivity index is 2.29. The van der Waals surface area contributed by atoms with Gasteiger partial charge in [-0.1, -0.05) is 6.92 Å². The molecule has 1 aliphatic rings. The van der Waals surface area contributed by atoms with Crippen LogP contribution in [0.25, 0.3) is 0 Å². The fourth-order valence-corrected chi connectivity index (χ4v) is 2.97. The molecule has 1 aromatic carbocycles. The second kappa shape index (κ2) is 8.02. The number of hydrogen-bond donors (Lipinski definition) is 1. The molecule has 1 aliphatic heterocycles. The lowest BCUT2D eigenvalue weighted by Crippen LogP contribution is -2.45. The van der Waals surface area contributed by atoms with E-state index in [1.807, 2.05) is 27.7 Å². The molecule has 8 nitrogen and oxygen atoms in total. The van der Waals surface area contributed by atoms with Crippen molar-refractivity contribution in [3.05, 3.63) is 29.3 Å². The van der Waals surface area contributed by atoms with Crippen LogP contribution in [-0.2, 0) is 9.47 Å². The molecule has 0 aliphatic carbocycles. The maximum atomic E-state index is 12.7. The summed E-state index contributed by atoms with van der Waals surface area (Å²) in [6, 6.07) is 4.90. The van der Waals surface area contributed by atoms with E-state index in [4.69, 9.17) is 15.3 Å². The third kappa shape index (κ3) is 5.69. The zero-order valence-electron chi connectivity index (χ0n) is 18.2. The summed E-state index contributed by atoms with van der Waals surface area (Å²) in [4.78, 5) is 38.9. The van der Waals surface area contributed by atoms with Crippen LogP contribution in [0.2, 0.25) is 0 Å². The fraction of sp³-hybridized carbons (Fsp3) is 0.571. The summed E-state index contributed by atoms with van der Waals surface area (Å²) in [7, 11) is 0. The van der Waals surface area contributed by atoms with Gasteiger partial charge < -0.3 is 9.47 Å². The molecule has 0 fully saturated rings. The average molecular weight is 405 g/mol. The largest absolute Gasteiger partial charge is 0.443 e. The highest BCUT2D eigenvalue weighted by Crippen LogP contribution is 2.36. The van der Waals surface area contributed by atoms with Crippen LogP contribution in [0.1, 0.15) is 76.7 Å². The lowest BCUT2D eigenvalue weighted by molar-refractivity contribution is 0.0239. The van der Waals surface area contributed by atoms with Crippen molar-refractivity contribution in [2.45, 2.75) is 72.0 Å². The first-order valence-corrected chi connectivity index (χ1v) is 9.66. The van der Waals surface area contributed by atoms with Gasteiger partial charge in [-0.3, -0.25) is 9.69 Å². The van der Waals surface area contributed by atoms with Gasteiger partial charge in [0.1, 0.15) is 11.2 Å². The molecule has 1 atom stereocenters. The number of nitrogens with two attached hydrogens (primary N) is 1. The number of carbonyl (C=O) groups is 3. The van der Waals surface area contributed by atoms with Crippen LogP contribution in [0.3, 0.4) is 0 Å². The highest BCUT2D eigenvalue weighted by Gasteiger charge is 2.32. The molecule has 160 valence electrons. The monoisotopic (exact) mass is 405 g/mol. The van der Waals surface area contributed by atoms with Crippen molar-refractivity contribution in [3.8, 4) is 0 Å². The highest BCUT2D eigenvalue weighted by atomic mass is 16.6. The molecule has 8 heteroatoms. The van der Waals surface area contributed by atoms with E-state index in [-0.39, 0.29) is 11.5 Å². The van der Waals surface area contributed by atoms with Crippen molar-refractivity contribution in [1.29, 1.82) is 0 Å². The van der Waals surface area contributed by atoms with Gasteiger partial charge in [-0.25, -0.2) is 15.4 Å². The number of benzene rings is 1. The second-order valence-electron chi connectivity index (χ2n) is 9.25. The highest BCUT2D eigenvalue weighted by molar-refractivity contribution is 6.03. The van der Waals surface area contributed by atoms with Gasteiger partial charge in [-0.15, -0.1) is 0 Å². The third-order valence-electron chi connectivity index (χ3n) is 4.30. The van der Waals surface area contributed by atoms with Crippen molar-refractivity contribution in [2.24, 2.45) is 5.84 Å². The van der Waals surface area contributed by atoms with Gasteiger partial charge in [0.2, 0.25) is 0 Å². The van der Waals surface area contributed by atoms with Crippen molar-refractivity contribution < 1.29 is 23.9 Å². The summed E-state index contributed by atoms with van der Waals surface area (Å²) >= 11 is 0. The van der Waals surface area contributed by atoms with E-state index in [9.17, 15) is 14.4 Å². The number of carbonyl (C=O) groups excluding carboxylic acids is 3. The molecule has 2 rings (SSSR count). The van der Waals surface area contributed by atoms with Gasteiger partial charge in [0.05, 0.1) is 5.69 Å². The van der Waals surface area contributed by atoms with E-state index >= 15 is 0 Å². The van der Waals surface area contributed by atoms with Crippen LogP contribution in [-0.4, -0.2) is 40.8 Å². The molecule has 0 saturated carbocycles. The fourth-order valence-electron chi connectivity index (χ4n) is 2.97. The van der Waals surface area contributed by atoms with E-state index in [1.54, 1.807) is 43.9 Å². The zero-order chi connectivity index (χ0) is 22.1. The molecule has 0 aromatic heterocycles. The van der Waals surface area contributed by atoms with E-state index in [2.05, 4.69) is 0 Å². The van der Waals surface area contributed by atoms with Crippen LogP contribution in [0.15, 0.2) is 18.2 Å². The Morgan fingerprint density at radius 1 is 1.07 bits per heavy atom. The van der Waals surface area contributed by atoms with Crippen LogP contribution < -0.4 is 10.7 Å². The summed E-state index contributed by atoms with van der Waals surface area (Å²) in [5.41, 5.74) is 0.382. The number of hydrogen-bond acceptors (Lipinski definition) is 6. The van der Waals surface area contributed by atoms with Crippen LogP contribution >= 0.6 is 0 Å². The lowest BCUT2D eigenvalue weighted by Gasteiger charge is -2.34. The number of ether oxygens (including phenoxy) is 2. The molecule has 0 unspecified atom stereocenters. The molecule has 29 heavy (non-hydrogen) atoms. The number of amides is 3. The summed E-state index contributed by atoms with van der Waals surface area (Å²) in [6.45, 7) is 13.1. The minimum absolute atomic E-state index is 0.129. The number of imide groups is 1. The van der Waals surface area contributed by atoms with E-state index in [0.717, 1.165) is 12.0 Å². The number of anilines is 1. The number of rotatable bonds is 1. The molecule has 0 radical (unpaired) electrons. The Morgan fingerprint density at radius 3 is 2.21 bits per heavy atom. The third-order valence-corrected chi connectivity index (χ3v) is 4.30. The topological polar surface area (TPSA) is 102 Å². The predicted molar refractivity (Wildman–Crippen MR) is 110 cm³/mol. The molecule has 1 heterocycles. The van der Waals surface area contributed by atoms with E-state index in [0.29, 0.717) is 17.2 Å². The van der Waals surface area contributed by atoms with Gasteiger partial charge in [-0.2, -0.15) is 5.01 Å². The molecular formula is C21H31N3O5. The Hall–Kier alpha value is -2.61. The minimum atomic E-state index is -0.927. The van der Waals surface area contributed by atoms with E-state index in [1.165, 1.54) is 0 Å². The number of fused-ring (bicyclic) bond motifs is 1. The standard InChI is InChI=1S/C21H31N3O5/c1-13-10-11-23(18(26)28-20(2,3)4)16-9-8-14(12-15(13)16)17(25)24(22)19(27)29-21(5,6)7/h8-9,12-13H,10-11,22H2,1-7H3/t13-/m0/s1. The molecule has 0 bridgehead atoms. The lowest BCUT2D eigenvalue weighted by atomic mass is 9.90. The van der Waals surface area contributed by atoms with Gasteiger partial charge >= 0.3 is 12.2 Å². The maximum absolute atomic E-state index is 12.7. The Bertz CT molecular complexity index is 808. The normalized spacial score (nSPS) is 16.7. The van der Waals surface area contributed by atoms with E-state index < -0.39 is 29.3 Å². The van der Waals surface area contributed by atoms with Crippen molar-refractivity contribution >= 4 is 23.8 Å². The first kappa shape index (κ1) is 22.7. The van der Waals surface area contributed by atoms with Gasteiger partial charge in [-0.05, 0) is 77.6 Å². The molecular weight excluding hydrogens is 374 g/mol. The maximum Gasteiger partial charge on any atom is 0.432 e. The van der Waals surface area contributed by atoms with Gasteiger partial charge in [0.15, 0.2) is 0 Å². The van der Waals surface area contributed by atoms with Crippen molar-refractivity contribution in [3.63, 3.8) is 0 Å². The summed E-state index contributed by atoms with van der Waals surface area (Å²) in [5, 5.41) is 0.464. The quantitative estimate of drug-likeness (QED) is 0.427. The average Bonchev–Trinajstić information content (AvgIpc) is 2.57. The molecule has 0 spiro atoms. The number of nitrogens with zero attached hydrogens (tertiary/aromatic N) is 2. The van der Waals surface area contributed by atoms with Crippen LogP contribution in [0.5, 0.6) is 0 Å². The molecule has 2 N–H and O–H groups in total. The SMILES string of the molecule is C[C@H]1CCN(C(=O)OC(C)(C)C)c2ccc(C(=O)N(N)C(=O)OC(C)(C)C)cc21. The van der Waals surface area contributed by atoms with Crippen molar-refractivity contribution in [2.75, 3.05) is 11.4 Å². The Kier molecular flexibility index (Phi) is 6.27. The smallest absolute Gasteiger partial charge is 0.432 e. The Labute approximate surface area is 171 Å². The van der Waals surface area contributed by atoms with Gasteiger partial charge in [0.25, 0.3) is 5.91 Å². The first-order valence-electron chi connectivity index (χ1n) is 9.66. The zero-order valence-corrected chi connectivity index (χ0v) is 18.2. The van der Waals surface area contributed by atoms with Crippen LogP contribution in [0.4, 0.5) is 15.3 Å². The summed E-state index contributed by atoms with van der Waals surface area (Å²) in [6.07, 6.45) is -0.634. The first-order chi connectivity index (χ1) is 13.2. The molecule has 1 aromatic rings. The summed E-state index contributed by atoms with van der Waals surface area (Å²) in [5.74, 6) is 5.13.